The van der Waals surface area contributed by atoms with Gasteiger partial charge in [-0.25, -0.2) is 4.98 Å². The van der Waals surface area contributed by atoms with Crippen molar-refractivity contribution in [3.63, 3.8) is 0 Å². The molecular formula is C17H18N2O2. The summed E-state index contributed by atoms with van der Waals surface area (Å²) in [7, 11) is 1.63. The lowest BCUT2D eigenvalue weighted by Crippen LogP contribution is -2.13. The van der Waals surface area contributed by atoms with Gasteiger partial charge in [0.05, 0.1) is 7.11 Å². The largest absolute Gasteiger partial charge is 0.497 e. The van der Waals surface area contributed by atoms with E-state index < -0.39 is 0 Å². The number of pyridine rings is 1. The predicted molar refractivity (Wildman–Crippen MR) is 80.7 cm³/mol. The fourth-order valence-corrected chi connectivity index (χ4v) is 1.97. The Hall–Kier alpha value is -2.54. The molecule has 0 amide bonds. The lowest BCUT2D eigenvalue weighted by Gasteiger charge is -2.23. The molecule has 0 saturated carbocycles. The summed E-state index contributed by atoms with van der Waals surface area (Å²) in [6, 6.07) is 11.1. The first-order valence-corrected chi connectivity index (χ1v) is 6.67. The van der Waals surface area contributed by atoms with E-state index >= 15 is 0 Å². The van der Waals surface area contributed by atoms with E-state index in [1.807, 2.05) is 18.2 Å². The number of rotatable bonds is 3. The van der Waals surface area contributed by atoms with Crippen LogP contribution in [-0.2, 0) is 5.41 Å². The Morgan fingerprint density at radius 2 is 1.95 bits per heavy atom. The van der Waals surface area contributed by atoms with Crippen LogP contribution in [-0.4, -0.2) is 12.1 Å². The molecule has 2 aromatic rings. The van der Waals surface area contributed by atoms with Crippen LogP contribution in [0.3, 0.4) is 0 Å². The zero-order valence-electron chi connectivity index (χ0n) is 12.7. The van der Waals surface area contributed by atoms with Crippen LogP contribution in [0.2, 0.25) is 0 Å². The quantitative estimate of drug-likeness (QED) is 0.852. The van der Waals surface area contributed by atoms with E-state index in [-0.39, 0.29) is 5.41 Å². The molecule has 0 fully saturated rings. The molecular weight excluding hydrogens is 264 g/mol. The number of nitriles is 1. The number of ether oxygens (including phenoxy) is 2. The molecule has 0 saturated heterocycles. The molecule has 0 unspecified atom stereocenters. The number of hydrogen-bond donors (Lipinski definition) is 0. The lowest BCUT2D eigenvalue weighted by molar-refractivity contribution is 0.405. The molecule has 4 nitrogen and oxygen atoms in total. The number of benzene rings is 1. The summed E-state index contributed by atoms with van der Waals surface area (Å²) in [5.41, 5.74) is 1.29. The fraction of sp³-hybridized carbons (Fsp3) is 0.294. The van der Waals surface area contributed by atoms with Gasteiger partial charge in [-0.05, 0) is 35.7 Å². The van der Waals surface area contributed by atoms with E-state index in [4.69, 9.17) is 14.7 Å². The SMILES string of the molecule is COc1ccc(Oc2ncccc2C#N)c(C(C)(C)C)c1. The maximum atomic E-state index is 9.12. The second kappa shape index (κ2) is 5.84. The number of aromatic nitrogens is 1. The predicted octanol–water partition coefficient (Wildman–Crippen LogP) is 4.05. The zero-order valence-corrected chi connectivity index (χ0v) is 12.7. The van der Waals surface area contributed by atoms with Gasteiger partial charge in [0, 0.05) is 11.8 Å². The Morgan fingerprint density at radius 3 is 2.57 bits per heavy atom. The van der Waals surface area contributed by atoms with Crippen LogP contribution in [0, 0.1) is 11.3 Å². The van der Waals surface area contributed by atoms with Crippen molar-refractivity contribution in [2.45, 2.75) is 26.2 Å². The van der Waals surface area contributed by atoms with Gasteiger partial charge in [-0.1, -0.05) is 20.8 Å². The molecule has 0 N–H and O–H groups in total. The second-order valence-corrected chi connectivity index (χ2v) is 5.68. The van der Waals surface area contributed by atoms with Crippen molar-refractivity contribution in [1.29, 1.82) is 5.26 Å². The Labute approximate surface area is 125 Å². The van der Waals surface area contributed by atoms with E-state index in [0.717, 1.165) is 11.3 Å². The first-order valence-electron chi connectivity index (χ1n) is 6.67. The van der Waals surface area contributed by atoms with E-state index in [0.29, 0.717) is 17.2 Å². The van der Waals surface area contributed by atoms with Crippen molar-refractivity contribution in [3.05, 3.63) is 47.7 Å². The van der Waals surface area contributed by atoms with E-state index in [1.54, 1.807) is 25.4 Å². The van der Waals surface area contributed by atoms with Crippen LogP contribution in [0.15, 0.2) is 36.5 Å². The molecule has 0 aliphatic heterocycles. The minimum atomic E-state index is -0.120. The van der Waals surface area contributed by atoms with Crippen LogP contribution in [0.5, 0.6) is 17.4 Å². The fourth-order valence-electron chi connectivity index (χ4n) is 1.97. The van der Waals surface area contributed by atoms with Crippen molar-refractivity contribution < 1.29 is 9.47 Å². The van der Waals surface area contributed by atoms with Crippen molar-refractivity contribution in [3.8, 4) is 23.4 Å². The van der Waals surface area contributed by atoms with Gasteiger partial charge >= 0.3 is 0 Å². The van der Waals surface area contributed by atoms with Gasteiger partial charge in [0.1, 0.15) is 23.1 Å². The molecule has 2 rings (SSSR count). The molecule has 21 heavy (non-hydrogen) atoms. The molecule has 0 atom stereocenters. The highest BCUT2D eigenvalue weighted by atomic mass is 16.5. The first kappa shape index (κ1) is 14.9. The normalized spacial score (nSPS) is 10.8. The molecule has 1 heterocycles. The van der Waals surface area contributed by atoms with Crippen molar-refractivity contribution in [2.24, 2.45) is 0 Å². The van der Waals surface area contributed by atoms with Gasteiger partial charge < -0.3 is 9.47 Å². The second-order valence-electron chi connectivity index (χ2n) is 5.68. The summed E-state index contributed by atoms with van der Waals surface area (Å²) < 4.78 is 11.1. The van der Waals surface area contributed by atoms with E-state index in [2.05, 4.69) is 31.8 Å². The highest BCUT2D eigenvalue weighted by Crippen LogP contribution is 2.36. The number of methoxy groups -OCH3 is 1. The Bertz CT molecular complexity index is 682. The molecule has 0 spiro atoms. The van der Waals surface area contributed by atoms with E-state index in [1.165, 1.54) is 0 Å². The minimum Gasteiger partial charge on any atom is -0.497 e. The van der Waals surface area contributed by atoms with Gasteiger partial charge in [-0.2, -0.15) is 5.26 Å². The Morgan fingerprint density at radius 1 is 1.19 bits per heavy atom. The summed E-state index contributed by atoms with van der Waals surface area (Å²) in [6.07, 6.45) is 1.61. The summed E-state index contributed by atoms with van der Waals surface area (Å²) in [5.74, 6) is 1.77. The third kappa shape index (κ3) is 3.32. The summed E-state index contributed by atoms with van der Waals surface area (Å²) in [5, 5.41) is 9.12. The third-order valence-corrected chi connectivity index (χ3v) is 3.09. The van der Waals surface area contributed by atoms with Crippen molar-refractivity contribution >= 4 is 0 Å². The highest BCUT2D eigenvalue weighted by Gasteiger charge is 2.21. The summed E-state index contributed by atoms with van der Waals surface area (Å²) >= 11 is 0. The summed E-state index contributed by atoms with van der Waals surface area (Å²) in [4.78, 5) is 4.13. The zero-order chi connectivity index (χ0) is 15.5. The molecule has 0 bridgehead atoms. The van der Waals surface area contributed by atoms with Crippen LogP contribution in [0.4, 0.5) is 0 Å². The third-order valence-electron chi connectivity index (χ3n) is 3.09. The smallest absolute Gasteiger partial charge is 0.237 e. The molecule has 1 aromatic heterocycles. The van der Waals surface area contributed by atoms with E-state index in [9.17, 15) is 0 Å². The Balaban J connectivity index is 2.47. The average Bonchev–Trinajstić information content (AvgIpc) is 2.47. The maximum absolute atomic E-state index is 9.12. The molecule has 0 radical (unpaired) electrons. The number of hydrogen-bond acceptors (Lipinski definition) is 4. The highest BCUT2D eigenvalue weighted by molar-refractivity contribution is 5.47. The summed E-state index contributed by atoms with van der Waals surface area (Å²) in [6.45, 7) is 6.29. The Kier molecular flexibility index (Phi) is 4.13. The molecule has 1 aromatic carbocycles. The van der Waals surface area contributed by atoms with Gasteiger partial charge in [0.25, 0.3) is 0 Å². The first-order chi connectivity index (χ1) is 9.95. The van der Waals surface area contributed by atoms with Gasteiger partial charge in [-0.15, -0.1) is 0 Å². The maximum Gasteiger partial charge on any atom is 0.237 e. The monoisotopic (exact) mass is 282 g/mol. The van der Waals surface area contributed by atoms with Crippen molar-refractivity contribution in [2.75, 3.05) is 7.11 Å². The topological polar surface area (TPSA) is 55.1 Å². The van der Waals surface area contributed by atoms with Crippen LogP contribution in [0.1, 0.15) is 31.9 Å². The standard InChI is InChI=1S/C17H18N2O2/c1-17(2,3)14-10-13(20-4)7-8-15(14)21-16-12(11-18)6-5-9-19-16/h5-10H,1-4H3. The van der Waals surface area contributed by atoms with Crippen molar-refractivity contribution in [1.82, 2.24) is 4.98 Å². The molecule has 0 aliphatic carbocycles. The van der Waals surface area contributed by atoms with Crippen LogP contribution < -0.4 is 9.47 Å². The van der Waals surface area contributed by atoms with Crippen LogP contribution >= 0.6 is 0 Å². The van der Waals surface area contributed by atoms with Gasteiger partial charge in [0.2, 0.25) is 5.88 Å². The minimum absolute atomic E-state index is 0.120. The number of nitrogens with zero attached hydrogens (tertiary/aromatic N) is 2. The van der Waals surface area contributed by atoms with Gasteiger partial charge in [0.15, 0.2) is 0 Å². The molecule has 4 heteroatoms. The average molecular weight is 282 g/mol. The lowest BCUT2D eigenvalue weighted by atomic mass is 9.86. The molecule has 0 aliphatic rings. The van der Waals surface area contributed by atoms with Crippen LogP contribution in [0.25, 0.3) is 0 Å². The van der Waals surface area contributed by atoms with Gasteiger partial charge in [-0.3, -0.25) is 0 Å². The molecule has 108 valence electrons.